The van der Waals surface area contributed by atoms with E-state index >= 15 is 0 Å². The zero-order chi connectivity index (χ0) is 10.2. The predicted octanol–water partition coefficient (Wildman–Crippen LogP) is -0.0999. The molecule has 0 aromatic rings. The number of aliphatic hydroxyl groups excluding tert-OH is 1. The van der Waals surface area contributed by atoms with E-state index in [4.69, 9.17) is 10.4 Å². The van der Waals surface area contributed by atoms with Crippen molar-refractivity contribution in [3.8, 4) is 6.07 Å². The van der Waals surface area contributed by atoms with Crippen molar-refractivity contribution in [3.05, 3.63) is 0 Å². The summed E-state index contributed by atoms with van der Waals surface area (Å²) in [5.41, 5.74) is 0. The highest BCUT2D eigenvalue weighted by atomic mass is 16.2. The van der Waals surface area contributed by atoms with E-state index < -0.39 is 0 Å². The summed E-state index contributed by atoms with van der Waals surface area (Å²) in [6, 6.07) is 2.18. The van der Waals surface area contributed by atoms with Crippen molar-refractivity contribution in [3.63, 3.8) is 0 Å². The van der Waals surface area contributed by atoms with Gasteiger partial charge in [0.05, 0.1) is 12.6 Å². The van der Waals surface area contributed by atoms with Crippen LogP contribution in [0.15, 0.2) is 0 Å². The minimum absolute atomic E-state index is 0.300. The van der Waals surface area contributed by atoms with Gasteiger partial charge < -0.3 is 10.0 Å². The standard InChI is InChI=1S/C10H19N3O/c11-3-5-13-8-6-12(7-9-13)4-1-2-10-14/h14H,1-2,4-10H2. The fourth-order valence-corrected chi connectivity index (χ4v) is 1.72. The third-order valence-electron chi connectivity index (χ3n) is 2.64. The molecule has 0 atom stereocenters. The minimum Gasteiger partial charge on any atom is -0.396 e. The number of piperazine rings is 1. The molecular weight excluding hydrogens is 178 g/mol. The van der Waals surface area contributed by atoms with Crippen molar-refractivity contribution in [1.82, 2.24) is 9.80 Å². The van der Waals surface area contributed by atoms with Crippen LogP contribution < -0.4 is 0 Å². The fourth-order valence-electron chi connectivity index (χ4n) is 1.72. The van der Waals surface area contributed by atoms with Crippen LogP contribution in [0.1, 0.15) is 12.8 Å². The third-order valence-corrected chi connectivity index (χ3v) is 2.64. The van der Waals surface area contributed by atoms with E-state index in [2.05, 4.69) is 15.9 Å². The summed E-state index contributed by atoms with van der Waals surface area (Å²) in [7, 11) is 0. The number of hydrogen-bond donors (Lipinski definition) is 1. The van der Waals surface area contributed by atoms with Crippen LogP contribution in [-0.2, 0) is 0 Å². The lowest BCUT2D eigenvalue weighted by Crippen LogP contribution is -2.46. The Morgan fingerprint density at radius 2 is 1.71 bits per heavy atom. The molecule has 1 N–H and O–H groups in total. The Balaban J connectivity index is 2.07. The zero-order valence-electron chi connectivity index (χ0n) is 8.65. The van der Waals surface area contributed by atoms with Gasteiger partial charge in [0.25, 0.3) is 0 Å². The molecule has 0 aromatic heterocycles. The second-order valence-electron chi connectivity index (χ2n) is 3.71. The summed E-state index contributed by atoms with van der Waals surface area (Å²) in [6.07, 6.45) is 1.98. The molecular formula is C10H19N3O. The molecule has 1 rings (SSSR count). The van der Waals surface area contributed by atoms with Crippen LogP contribution in [0.3, 0.4) is 0 Å². The molecule has 4 nitrogen and oxygen atoms in total. The summed E-state index contributed by atoms with van der Waals surface area (Å²) < 4.78 is 0. The summed E-state index contributed by atoms with van der Waals surface area (Å²) in [5, 5.41) is 17.2. The van der Waals surface area contributed by atoms with Gasteiger partial charge >= 0.3 is 0 Å². The van der Waals surface area contributed by atoms with Gasteiger partial charge in [0.15, 0.2) is 0 Å². The molecule has 0 aliphatic carbocycles. The molecule has 1 fully saturated rings. The number of nitriles is 1. The highest BCUT2D eigenvalue weighted by Gasteiger charge is 2.15. The molecule has 0 spiro atoms. The first kappa shape index (κ1) is 11.4. The fraction of sp³-hybridized carbons (Fsp3) is 0.900. The van der Waals surface area contributed by atoms with E-state index in [1.807, 2.05) is 0 Å². The van der Waals surface area contributed by atoms with Gasteiger partial charge in [-0.25, -0.2) is 0 Å². The van der Waals surface area contributed by atoms with Crippen molar-refractivity contribution >= 4 is 0 Å². The average molecular weight is 197 g/mol. The Labute approximate surface area is 85.7 Å². The van der Waals surface area contributed by atoms with E-state index in [-0.39, 0.29) is 0 Å². The second kappa shape index (κ2) is 6.77. The Hall–Kier alpha value is -0.630. The first-order valence-corrected chi connectivity index (χ1v) is 5.29. The van der Waals surface area contributed by atoms with Crippen molar-refractivity contribution in [1.29, 1.82) is 5.26 Å². The zero-order valence-corrected chi connectivity index (χ0v) is 8.65. The first-order valence-electron chi connectivity index (χ1n) is 5.29. The van der Waals surface area contributed by atoms with Gasteiger partial charge in [0, 0.05) is 32.8 Å². The second-order valence-corrected chi connectivity index (χ2v) is 3.71. The van der Waals surface area contributed by atoms with E-state index in [0.717, 1.165) is 45.6 Å². The van der Waals surface area contributed by atoms with Gasteiger partial charge in [-0.2, -0.15) is 5.26 Å². The van der Waals surface area contributed by atoms with E-state index in [1.165, 1.54) is 0 Å². The predicted molar refractivity (Wildman–Crippen MR) is 54.8 cm³/mol. The Morgan fingerprint density at radius 1 is 1.07 bits per heavy atom. The van der Waals surface area contributed by atoms with Crippen LogP contribution in [0, 0.1) is 11.3 Å². The molecule has 1 heterocycles. The molecule has 1 aliphatic rings. The summed E-state index contributed by atoms with van der Waals surface area (Å²) in [4.78, 5) is 4.59. The highest BCUT2D eigenvalue weighted by molar-refractivity contribution is 4.80. The molecule has 14 heavy (non-hydrogen) atoms. The SMILES string of the molecule is N#CCN1CCN(CCCCO)CC1. The Kier molecular flexibility index (Phi) is 5.53. The minimum atomic E-state index is 0.300. The molecule has 0 bridgehead atoms. The van der Waals surface area contributed by atoms with Gasteiger partial charge in [0.1, 0.15) is 0 Å². The largest absolute Gasteiger partial charge is 0.396 e. The van der Waals surface area contributed by atoms with Crippen LogP contribution in [0.5, 0.6) is 0 Å². The molecule has 1 saturated heterocycles. The van der Waals surface area contributed by atoms with Crippen molar-refractivity contribution in [2.45, 2.75) is 12.8 Å². The van der Waals surface area contributed by atoms with Crippen LogP contribution in [-0.4, -0.2) is 60.8 Å². The smallest absolute Gasteiger partial charge is 0.0866 e. The van der Waals surface area contributed by atoms with Crippen LogP contribution in [0.2, 0.25) is 0 Å². The van der Waals surface area contributed by atoms with Gasteiger partial charge in [-0.3, -0.25) is 4.90 Å². The van der Waals surface area contributed by atoms with E-state index in [9.17, 15) is 0 Å². The van der Waals surface area contributed by atoms with Crippen molar-refractivity contribution < 1.29 is 5.11 Å². The summed E-state index contributed by atoms with van der Waals surface area (Å²) in [5.74, 6) is 0. The molecule has 0 aromatic carbocycles. The van der Waals surface area contributed by atoms with Crippen molar-refractivity contribution in [2.24, 2.45) is 0 Å². The summed E-state index contributed by atoms with van der Waals surface area (Å²) >= 11 is 0. The normalized spacial score (nSPS) is 19.4. The molecule has 4 heteroatoms. The number of aliphatic hydroxyl groups is 1. The average Bonchev–Trinajstić information content (AvgIpc) is 2.21. The number of unbranched alkanes of at least 4 members (excludes halogenated alkanes) is 1. The maximum atomic E-state index is 8.64. The van der Waals surface area contributed by atoms with Gasteiger partial charge in [0.2, 0.25) is 0 Å². The Bertz CT molecular complexity index is 182. The van der Waals surface area contributed by atoms with Crippen LogP contribution >= 0.6 is 0 Å². The highest BCUT2D eigenvalue weighted by Crippen LogP contribution is 2.02. The number of rotatable bonds is 5. The molecule has 0 radical (unpaired) electrons. The Morgan fingerprint density at radius 3 is 2.29 bits per heavy atom. The molecule has 80 valence electrons. The first-order chi connectivity index (χ1) is 6.86. The maximum absolute atomic E-state index is 8.64. The van der Waals surface area contributed by atoms with E-state index in [0.29, 0.717) is 13.2 Å². The van der Waals surface area contributed by atoms with Crippen molar-refractivity contribution in [2.75, 3.05) is 45.9 Å². The molecule has 1 aliphatic heterocycles. The van der Waals surface area contributed by atoms with Gasteiger partial charge in [-0.1, -0.05) is 0 Å². The maximum Gasteiger partial charge on any atom is 0.0866 e. The lowest BCUT2D eigenvalue weighted by atomic mass is 10.2. The number of hydrogen-bond acceptors (Lipinski definition) is 4. The molecule has 0 unspecified atom stereocenters. The van der Waals surface area contributed by atoms with Gasteiger partial charge in [-0.05, 0) is 19.4 Å². The number of nitrogens with zero attached hydrogens (tertiary/aromatic N) is 3. The topological polar surface area (TPSA) is 50.5 Å². The van der Waals surface area contributed by atoms with E-state index in [1.54, 1.807) is 0 Å². The van der Waals surface area contributed by atoms with Crippen LogP contribution in [0.25, 0.3) is 0 Å². The summed E-state index contributed by atoms with van der Waals surface area (Å²) in [6.45, 7) is 6.08. The monoisotopic (exact) mass is 197 g/mol. The third kappa shape index (κ3) is 4.05. The molecule has 0 saturated carbocycles. The lowest BCUT2D eigenvalue weighted by Gasteiger charge is -2.33. The lowest BCUT2D eigenvalue weighted by molar-refractivity contribution is 0.139. The van der Waals surface area contributed by atoms with Gasteiger partial charge in [-0.15, -0.1) is 0 Å². The molecule has 0 amide bonds. The quantitative estimate of drug-likeness (QED) is 0.494. The van der Waals surface area contributed by atoms with Crippen LogP contribution in [0.4, 0.5) is 0 Å².